The number of aromatic nitrogens is 2. The van der Waals surface area contributed by atoms with Crippen molar-refractivity contribution in [2.45, 2.75) is 18.4 Å². The number of hydrogen-bond donors (Lipinski definition) is 0. The third-order valence-corrected chi connectivity index (χ3v) is 6.42. The van der Waals surface area contributed by atoms with Gasteiger partial charge in [-0.2, -0.15) is 0 Å². The minimum absolute atomic E-state index is 0.00286. The molecule has 0 saturated carbocycles. The molecule has 0 unspecified atom stereocenters. The van der Waals surface area contributed by atoms with Gasteiger partial charge in [0.05, 0.1) is 27.7 Å². The Bertz CT molecular complexity index is 1210. The van der Waals surface area contributed by atoms with Gasteiger partial charge in [-0.05, 0) is 42.5 Å². The Labute approximate surface area is 189 Å². The summed E-state index contributed by atoms with van der Waals surface area (Å²) in [6, 6.07) is 10.1. The normalized spacial score (nSPS) is 11.2. The zero-order valence-corrected chi connectivity index (χ0v) is 18.6. The molecule has 0 spiro atoms. The molecule has 0 radical (unpaired) electrons. The van der Waals surface area contributed by atoms with Crippen molar-refractivity contribution in [1.29, 1.82) is 0 Å². The molecular weight excluding hydrogens is 465 g/mol. The number of nitrogens with zero attached hydrogens (tertiary/aromatic N) is 3. The average molecular weight is 482 g/mol. The van der Waals surface area contributed by atoms with Crippen molar-refractivity contribution in [3.05, 3.63) is 82.5 Å². The number of aryl methyl sites for hydroxylation is 1. The van der Waals surface area contributed by atoms with E-state index in [1.54, 1.807) is 31.2 Å². The topological polar surface area (TPSA) is 103 Å². The molecule has 8 nitrogen and oxygen atoms in total. The van der Waals surface area contributed by atoms with Crippen LogP contribution in [0.1, 0.15) is 22.1 Å². The second-order valence-corrected chi connectivity index (χ2v) is 8.94. The number of anilines is 1. The van der Waals surface area contributed by atoms with Crippen LogP contribution in [0.5, 0.6) is 0 Å². The lowest BCUT2D eigenvalue weighted by Crippen LogP contribution is -2.31. The molecule has 2 aromatic carbocycles. The summed E-state index contributed by atoms with van der Waals surface area (Å²) in [7, 11) is -4.05. The zero-order valence-electron chi connectivity index (χ0n) is 16.3. The first-order valence-corrected chi connectivity index (χ1v) is 11.1. The second kappa shape index (κ2) is 9.51. The molecule has 1 heterocycles. The number of ether oxygens (including phenoxy) is 1. The smallest absolute Gasteiger partial charge is 0.340 e. The van der Waals surface area contributed by atoms with Crippen molar-refractivity contribution in [3.8, 4) is 0 Å². The molecule has 11 heteroatoms. The standard InChI is InChI=1S/C20H17Cl2N3O5S/c1-3-10-25(15-6-4-14(21)5-7-15)31(27,28)16-8-9-18(22)17(11-16)20(26)29-12-19-24-23-13(2)30-19/h3-9,11H,1,10,12H2,2H3. The molecule has 0 N–H and O–H groups in total. The third kappa shape index (κ3) is 5.25. The number of rotatable bonds is 8. The molecule has 0 aliphatic heterocycles. The van der Waals surface area contributed by atoms with Gasteiger partial charge in [-0.3, -0.25) is 4.31 Å². The summed E-state index contributed by atoms with van der Waals surface area (Å²) in [5.41, 5.74) is 0.267. The summed E-state index contributed by atoms with van der Waals surface area (Å²) >= 11 is 12.0. The Hall–Kier alpha value is -2.88. The molecule has 0 amide bonds. The van der Waals surface area contributed by atoms with E-state index in [4.69, 9.17) is 32.4 Å². The molecule has 0 bridgehead atoms. The summed E-state index contributed by atoms with van der Waals surface area (Å²) in [5.74, 6) is -0.410. The van der Waals surface area contributed by atoms with Crippen LogP contribution in [0.15, 0.2) is 64.4 Å². The summed E-state index contributed by atoms with van der Waals surface area (Å²) in [6.45, 7) is 4.94. The van der Waals surface area contributed by atoms with E-state index in [9.17, 15) is 13.2 Å². The van der Waals surface area contributed by atoms with E-state index in [0.29, 0.717) is 16.6 Å². The van der Waals surface area contributed by atoms with Crippen molar-refractivity contribution in [2.75, 3.05) is 10.8 Å². The van der Waals surface area contributed by atoms with Gasteiger partial charge in [-0.25, -0.2) is 13.2 Å². The van der Waals surface area contributed by atoms with Gasteiger partial charge in [0.1, 0.15) is 0 Å². The highest BCUT2D eigenvalue weighted by Crippen LogP contribution is 2.28. The average Bonchev–Trinajstić information content (AvgIpc) is 3.16. The lowest BCUT2D eigenvalue weighted by molar-refractivity contribution is 0.0436. The van der Waals surface area contributed by atoms with Crippen molar-refractivity contribution < 1.29 is 22.4 Å². The highest BCUT2D eigenvalue weighted by Gasteiger charge is 2.26. The molecule has 3 aromatic rings. The van der Waals surface area contributed by atoms with Crippen LogP contribution < -0.4 is 4.31 Å². The highest BCUT2D eigenvalue weighted by molar-refractivity contribution is 7.92. The fraction of sp³-hybridized carbons (Fsp3) is 0.150. The van der Waals surface area contributed by atoms with E-state index in [0.717, 1.165) is 10.4 Å². The lowest BCUT2D eigenvalue weighted by Gasteiger charge is -2.23. The van der Waals surface area contributed by atoms with Crippen LogP contribution in [0.3, 0.4) is 0 Å². The van der Waals surface area contributed by atoms with Crippen LogP contribution in [0, 0.1) is 6.92 Å². The van der Waals surface area contributed by atoms with E-state index < -0.39 is 16.0 Å². The number of sulfonamides is 1. The van der Waals surface area contributed by atoms with E-state index >= 15 is 0 Å². The molecule has 31 heavy (non-hydrogen) atoms. The number of esters is 1. The van der Waals surface area contributed by atoms with Crippen molar-refractivity contribution in [2.24, 2.45) is 0 Å². The summed E-state index contributed by atoms with van der Waals surface area (Å²) in [4.78, 5) is 12.3. The fourth-order valence-corrected chi connectivity index (χ4v) is 4.40. The Kier molecular flexibility index (Phi) is 6.99. The Morgan fingerprint density at radius 3 is 2.52 bits per heavy atom. The largest absolute Gasteiger partial charge is 0.452 e. The summed E-state index contributed by atoms with van der Waals surface area (Å²) < 4.78 is 38.0. The van der Waals surface area contributed by atoms with Crippen LogP contribution in [-0.2, 0) is 21.4 Å². The number of carbonyl (C=O) groups excluding carboxylic acids is 1. The van der Waals surface area contributed by atoms with Crippen LogP contribution in [0.2, 0.25) is 10.0 Å². The molecule has 0 saturated heterocycles. The quantitative estimate of drug-likeness (QED) is 0.346. The summed E-state index contributed by atoms with van der Waals surface area (Å²) in [5, 5.41) is 7.86. The molecular formula is C20H17Cl2N3O5S. The number of benzene rings is 2. The maximum Gasteiger partial charge on any atom is 0.340 e. The van der Waals surface area contributed by atoms with Crippen LogP contribution in [-0.4, -0.2) is 31.1 Å². The second-order valence-electron chi connectivity index (χ2n) is 6.23. The van der Waals surface area contributed by atoms with Crippen LogP contribution in [0.25, 0.3) is 0 Å². The SMILES string of the molecule is C=CCN(c1ccc(Cl)cc1)S(=O)(=O)c1ccc(Cl)c(C(=O)OCc2nnc(C)o2)c1. The van der Waals surface area contributed by atoms with E-state index in [1.165, 1.54) is 18.2 Å². The minimum Gasteiger partial charge on any atom is -0.452 e. The minimum atomic E-state index is -4.05. The maximum absolute atomic E-state index is 13.3. The van der Waals surface area contributed by atoms with Gasteiger partial charge < -0.3 is 9.15 Å². The van der Waals surface area contributed by atoms with Gasteiger partial charge in [-0.15, -0.1) is 16.8 Å². The van der Waals surface area contributed by atoms with E-state index in [-0.39, 0.29) is 34.5 Å². The van der Waals surface area contributed by atoms with Gasteiger partial charge in [0.15, 0.2) is 6.61 Å². The van der Waals surface area contributed by atoms with Gasteiger partial charge in [-0.1, -0.05) is 29.3 Å². The van der Waals surface area contributed by atoms with Gasteiger partial charge in [0.25, 0.3) is 15.9 Å². The van der Waals surface area contributed by atoms with E-state index in [1.807, 2.05) is 0 Å². The predicted octanol–water partition coefficient (Wildman–Crippen LogP) is 4.42. The van der Waals surface area contributed by atoms with Gasteiger partial charge in [0.2, 0.25) is 5.89 Å². The molecule has 0 atom stereocenters. The Morgan fingerprint density at radius 1 is 1.19 bits per heavy atom. The third-order valence-electron chi connectivity index (χ3n) is 4.05. The lowest BCUT2D eigenvalue weighted by atomic mass is 10.2. The number of carbonyl (C=O) groups is 1. The zero-order chi connectivity index (χ0) is 22.6. The number of hydrogen-bond acceptors (Lipinski definition) is 7. The molecule has 0 aliphatic rings. The predicted molar refractivity (Wildman–Crippen MR) is 116 cm³/mol. The molecule has 162 valence electrons. The first-order chi connectivity index (χ1) is 14.7. The van der Waals surface area contributed by atoms with Crippen molar-refractivity contribution in [3.63, 3.8) is 0 Å². The van der Waals surface area contributed by atoms with Gasteiger partial charge >= 0.3 is 5.97 Å². The maximum atomic E-state index is 13.3. The molecule has 1 aromatic heterocycles. The first-order valence-electron chi connectivity index (χ1n) is 8.87. The first kappa shape index (κ1) is 22.8. The van der Waals surface area contributed by atoms with Crippen molar-refractivity contribution >= 4 is 44.9 Å². The van der Waals surface area contributed by atoms with Crippen molar-refractivity contribution in [1.82, 2.24) is 10.2 Å². The summed E-state index contributed by atoms with van der Waals surface area (Å²) in [6.07, 6.45) is 1.45. The van der Waals surface area contributed by atoms with Gasteiger partial charge in [0, 0.05) is 11.9 Å². The molecule has 3 rings (SSSR count). The fourth-order valence-electron chi connectivity index (χ4n) is 2.62. The number of halogens is 2. The van der Waals surface area contributed by atoms with E-state index in [2.05, 4.69) is 16.8 Å². The Morgan fingerprint density at radius 2 is 1.90 bits per heavy atom. The Balaban J connectivity index is 1.91. The van der Waals surface area contributed by atoms with Crippen LogP contribution in [0.4, 0.5) is 5.69 Å². The van der Waals surface area contributed by atoms with Crippen LogP contribution >= 0.6 is 23.2 Å². The molecule has 0 fully saturated rings. The highest BCUT2D eigenvalue weighted by atomic mass is 35.5. The monoisotopic (exact) mass is 481 g/mol. The molecule has 0 aliphatic carbocycles.